The van der Waals surface area contributed by atoms with Crippen LogP contribution in [0.4, 0.5) is 0 Å². The van der Waals surface area contributed by atoms with Crippen LogP contribution in [0.3, 0.4) is 0 Å². The van der Waals surface area contributed by atoms with Gasteiger partial charge in [-0.3, -0.25) is 0 Å². The van der Waals surface area contributed by atoms with Crippen LogP contribution in [0.2, 0.25) is 5.02 Å². The molecule has 156 valence electrons. The summed E-state index contributed by atoms with van der Waals surface area (Å²) >= 11 is 5.93. The first-order chi connectivity index (χ1) is 14.3. The van der Waals surface area contributed by atoms with Crippen molar-refractivity contribution in [3.8, 4) is 0 Å². The summed E-state index contributed by atoms with van der Waals surface area (Å²) in [4.78, 5) is 11.1. The van der Waals surface area contributed by atoms with Gasteiger partial charge in [-0.1, -0.05) is 35.9 Å². The Kier molecular flexibility index (Phi) is 6.89. The quantitative estimate of drug-likeness (QED) is 0.488. The molecule has 1 atom stereocenters. The predicted molar refractivity (Wildman–Crippen MR) is 113 cm³/mol. The zero-order valence-electron chi connectivity index (χ0n) is 15.8. The number of hydrogen-bond acceptors (Lipinski definition) is 5. The van der Waals surface area contributed by atoms with Gasteiger partial charge >= 0.3 is 5.97 Å². The lowest BCUT2D eigenvalue weighted by Gasteiger charge is -2.13. The van der Waals surface area contributed by atoms with Crippen LogP contribution < -0.4 is 5.32 Å². The van der Waals surface area contributed by atoms with E-state index in [1.54, 1.807) is 36.4 Å². The average Bonchev–Trinajstić information content (AvgIpc) is 2.74. The van der Waals surface area contributed by atoms with E-state index >= 15 is 0 Å². The summed E-state index contributed by atoms with van der Waals surface area (Å²) < 4.78 is 25.4. The predicted octanol–water partition coefficient (Wildman–Crippen LogP) is 3.69. The number of benzene rings is 3. The Morgan fingerprint density at radius 3 is 2.13 bits per heavy atom. The summed E-state index contributed by atoms with van der Waals surface area (Å²) in [6, 6.07) is 18.5. The third-order valence-electron chi connectivity index (χ3n) is 4.55. The Hall–Kier alpha value is -2.71. The van der Waals surface area contributed by atoms with Gasteiger partial charge in [0.1, 0.15) is 0 Å². The van der Waals surface area contributed by atoms with E-state index in [1.165, 1.54) is 36.4 Å². The summed E-state index contributed by atoms with van der Waals surface area (Å²) in [5, 5.41) is 22.8. The monoisotopic (exact) mass is 445 g/mol. The largest absolute Gasteiger partial charge is 0.478 e. The van der Waals surface area contributed by atoms with Gasteiger partial charge in [-0.15, -0.1) is 0 Å². The second-order valence-electron chi connectivity index (χ2n) is 6.68. The molecule has 0 fully saturated rings. The molecule has 3 aromatic rings. The van der Waals surface area contributed by atoms with E-state index in [1.807, 2.05) is 0 Å². The molecule has 0 bridgehead atoms. The summed E-state index contributed by atoms with van der Waals surface area (Å²) in [7, 11) is -3.74. The van der Waals surface area contributed by atoms with Crippen LogP contribution >= 0.6 is 11.6 Å². The normalized spacial score (nSPS) is 12.5. The molecule has 30 heavy (non-hydrogen) atoms. The number of aliphatic hydroxyl groups is 1. The minimum Gasteiger partial charge on any atom is -0.478 e. The van der Waals surface area contributed by atoms with Gasteiger partial charge in [0.25, 0.3) is 0 Å². The van der Waals surface area contributed by atoms with E-state index in [9.17, 15) is 18.3 Å². The van der Waals surface area contributed by atoms with Gasteiger partial charge in [-0.25, -0.2) is 13.2 Å². The lowest BCUT2D eigenvalue weighted by Crippen LogP contribution is -2.21. The molecular weight excluding hydrogens is 426 g/mol. The lowest BCUT2D eigenvalue weighted by atomic mass is 10.1. The molecule has 6 nitrogen and oxygen atoms in total. The van der Waals surface area contributed by atoms with E-state index in [2.05, 4.69) is 5.32 Å². The highest BCUT2D eigenvalue weighted by atomic mass is 35.5. The third kappa shape index (κ3) is 5.25. The highest BCUT2D eigenvalue weighted by Crippen LogP contribution is 2.22. The molecule has 0 aliphatic carbocycles. The van der Waals surface area contributed by atoms with Crippen molar-refractivity contribution in [2.75, 3.05) is 6.54 Å². The van der Waals surface area contributed by atoms with E-state index in [0.29, 0.717) is 23.7 Å². The molecule has 0 spiro atoms. The van der Waals surface area contributed by atoms with Crippen molar-refractivity contribution in [2.24, 2.45) is 0 Å². The summed E-state index contributed by atoms with van der Waals surface area (Å²) in [5.74, 6) is -1.11. The van der Waals surface area contributed by atoms with Crippen molar-refractivity contribution >= 4 is 27.4 Å². The van der Waals surface area contributed by atoms with Gasteiger partial charge in [0.2, 0.25) is 9.84 Å². The van der Waals surface area contributed by atoms with Crippen molar-refractivity contribution in [2.45, 2.75) is 22.4 Å². The first-order valence-corrected chi connectivity index (χ1v) is 10.9. The number of hydrogen-bond donors (Lipinski definition) is 3. The highest BCUT2D eigenvalue weighted by molar-refractivity contribution is 7.91. The van der Waals surface area contributed by atoms with E-state index in [4.69, 9.17) is 16.7 Å². The summed E-state index contributed by atoms with van der Waals surface area (Å²) in [5.41, 5.74) is 1.59. The molecular formula is C22H20ClNO5S. The minimum absolute atomic E-state index is 0.0235. The molecule has 0 aliphatic rings. The molecule has 0 saturated heterocycles. The molecule has 8 heteroatoms. The maximum atomic E-state index is 12.7. The van der Waals surface area contributed by atoms with Crippen molar-refractivity contribution in [3.63, 3.8) is 0 Å². The van der Waals surface area contributed by atoms with Crippen LogP contribution in [-0.4, -0.2) is 31.1 Å². The molecule has 0 unspecified atom stereocenters. The Morgan fingerprint density at radius 2 is 1.57 bits per heavy atom. The molecule has 3 rings (SSSR count). The number of halogens is 1. The van der Waals surface area contributed by atoms with Crippen molar-refractivity contribution in [1.82, 2.24) is 5.32 Å². The topological polar surface area (TPSA) is 104 Å². The molecule has 0 radical (unpaired) electrons. The molecule has 3 N–H and O–H groups in total. The van der Waals surface area contributed by atoms with Crippen LogP contribution in [0.15, 0.2) is 82.6 Å². The Morgan fingerprint density at radius 1 is 0.967 bits per heavy atom. The van der Waals surface area contributed by atoms with E-state index < -0.39 is 21.9 Å². The number of aromatic carboxylic acids is 1. The Balaban J connectivity index is 1.62. The van der Waals surface area contributed by atoms with Gasteiger partial charge in [-0.05, 0) is 59.7 Å². The number of aliphatic hydroxyl groups excluding tert-OH is 1. The van der Waals surface area contributed by atoms with E-state index in [-0.39, 0.29) is 15.4 Å². The van der Waals surface area contributed by atoms with Crippen LogP contribution in [0.25, 0.3) is 0 Å². The van der Waals surface area contributed by atoms with Crippen molar-refractivity contribution in [1.29, 1.82) is 0 Å². The SMILES string of the molecule is O=C(O)c1ccc(S(=O)(=O)c2ccc(CNC[C@H](O)c3cccc(Cl)c3)cc2)cc1. The van der Waals surface area contributed by atoms with Crippen LogP contribution in [0, 0.1) is 0 Å². The van der Waals surface area contributed by atoms with E-state index in [0.717, 1.165) is 5.56 Å². The van der Waals surface area contributed by atoms with Crippen LogP contribution in [0.1, 0.15) is 27.6 Å². The van der Waals surface area contributed by atoms with Gasteiger partial charge in [0, 0.05) is 18.1 Å². The van der Waals surface area contributed by atoms with Crippen molar-refractivity contribution in [3.05, 3.63) is 94.5 Å². The van der Waals surface area contributed by atoms with Gasteiger partial charge < -0.3 is 15.5 Å². The average molecular weight is 446 g/mol. The number of rotatable bonds is 8. The number of sulfone groups is 1. The van der Waals surface area contributed by atoms with Gasteiger partial charge in [-0.2, -0.15) is 0 Å². The maximum Gasteiger partial charge on any atom is 0.335 e. The number of nitrogens with one attached hydrogen (secondary N) is 1. The minimum atomic E-state index is -3.74. The molecule has 0 aromatic heterocycles. The molecule has 0 aliphatic heterocycles. The fourth-order valence-corrected chi connectivity index (χ4v) is 4.34. The molecule has 3 aromatic carbocycles. The van der Waals surface area contributed by atoms with Crippen LogP contribution in [0.5, 0.6) is 0 Å². The molecule has 0 amide bonds. The Labute approximate surface area is 179 Å². The molecule has 0 heterocycles. The number of carboxylic acids is 1. The Bertz CT molecular complexity index is 1130. The summed E-state index contributed by atoms with van der Waals surface area (Å²) in [6.45, 7) is 0.765. The second-order valence-corrected chi connectivity index (χ2v) is 9.06. The first kappa shape index (κ1) is 22.0. The molecule has 0 saturated carbocycles. The maximum absolute atomic E-state index is 12.7. The van der Waals surface area contributed by atoms with Gasteiger partial charge in [0.15, 0.2) is 0 Å². The summed E-state index contributed by atoms with van der Waals surface area (Å²) in [6.07, 6.45) is -0.711. The smallest absolute Gasteiger partial charge is 0.335 e. The fraction of sp³-hybridized carbons (Fsp3) is 0.136. The zero-order valence-corrected chi connectivity index (χ0v) is 17.4. The number of carbonyl (C=O) groups is 1. The zero-order chi connectivity index (χ0) is 21.7. The van der Waals surface area contributed by atoms with Crippen molar-refractivity contribution < 1.29 is 23.4 Å². The highest BCUT2D eigenvalue weighted by Gasteiger charge is 2.18. The lowest BCUT2D eigenvalue weighted by molar-refractivity contribution is 0.0696. The number of carboxylic acid groups (broad SMARTS) is 1. The van der Waals surface area contributed by atoms with Crippen LogP contribution in [-0.2, 0) is 16.4 Å². The fourth-order valence-electron chi connectivity index (χ4n) is 2.88. The van der Waals surface area contributed by atoms with Gasteiger partial charge in [0.05, 0.1) is 21.5 Å². The second kappa shape index (κ2) is 9.40. The standard InChI is InChI=1S/C22H20ClNO5S/c23-18-3-1-2-17(12-18)21(25)14-24-13-15-4-8-19(9-5-15)30(28,29)20-10-6-16(7-11-20)22(26)27/h1-12,21,24-25H,13-14H2,(H,26,27)/t21-/m0/s1. The third-order valence-corrected chi connectivity index (χ3v) is 6.57. The first-order valence-electron chi connectivity index (χ1n) is 9.09.